The molecule has 0 bridgehead atoms. The van der Waals surface area contributed by atoms with Crippen LogP contribution in [0.4, 0.5) is 5.13 Å². The largest absolute Gasteiger partial charge is 0.375 e. The summed E-state index contributed by atoms with van der Waals surface area (Å²) in [4.78, 5) is 7.69. The first-order chi connectivity index (χ1) is 9.69. The normalized spacial score (nSPS) is 19.4. The molecule has 1 aliphatic heterocycles. The van der Waals surface area contributed by atoms with Crippen LogP contribution >= 0.6 is 23.7 Å². The number of aryl methyl sites for hydroxylation is 1. The summed E-state index contributed by atoms with van der Waals surface area (Å²) < 4.78 is 7.78. The van der Waals surface area contributed by atoms with Crippen molar-refractivity contribution in [2.24, 2.45) is 0 Å². The van der Waals surface area contributed by atoms with E-state index in [2.05, 4.69) is 15.0 Å². The molecule has 2 aromatic heterocycles. The van der Waals surface area contributed by atoms with Crippen LogP contribution in [0.15, 0.2) is 18.6 Å². The van der Waals surface area contributed by atoms with Gasteiger partial charge in [0.1, 0.15) is 0 Å². The van der Waals surface area contributed by atoms with E-state index in [4.69, 9.17) is 10.5 Å². The summed E-state index contributed by atoms with van der Waals surface area (Å²) >= 11 is 1.56. The third-order valence-electron chi connectivity index (χ3n) is 3.33. The molecule has 1 atom stereocenters. The Bertz CT molecular complexity index is 524. The summed E-state index contributed by atoms with van der Waals surface area (Å²) in [7, 11) is 0. The highest BCUT2D eigenvalue weighted by Gasteiger charge is 2.21. The van der Waals surface area contributed by atoms with Crippen LogP contribution in [0.1, 0.15) is 10.4 Å². The summed E-state index contributed by atoms with van der Waals surface area (Å²) in [5.41, 5.74) is 6.85. The predicted molar refractivity (Wildman–Crippen MR) is 85.8 cm³/mol. The second kappa shape index (κ2) is 7.22. The van der Waals surface area contributed by atoms with Crippen molar-refractivity contribution < 1.29 is 4.74 Å². The molecule has 1 aliphatic rings. The van der Waals surface area contributed by atoms with Crippen molar-refractivity contribution >= 4 is 28.9 Å². The SMILES string of the molecule is Cc1cnn(CC2CN(Cc3cnc(N)s3)CCO2)c1.Cl. The highest BCUT2D eigenvalue weighted by atomic mass is 35.5. The highest BCUT2D eigenvalue weighted by molar-refractivity contribution is 7.15. The number of nitrogen functional groups attached to an aromatic ring is 1. The zero-order chi connectivity index (χ0) is 13.9. The third-order valence-corrected chi connectivity index (χ3v) is 4.14. The van der Waals surface area contributed by atoms with E-state index in [1.807, 2.05) is 30.2 Å². The van der Waals surface area contributed by atoms with Gasteiger partial charge in [-0.05, 0) is 12.5 Å². The minimum Gasteiger partial charge on any atom is -0.375 e. The Hall–Kier alpha value is -1.15. The minimum atomic E-state index is 0. The molecular weight excluding hydrogens is 310 g/mol. The van der Waals surface area contributed by atoms with Gasteiger partial charge in [0.2, 0.25) is 0 Å². The smallest absolute Gasteiger partial charge is 0.180 e. The van der Waals surface area contributed by atoms with Crippen molar-refractivity contribution in [1.29, 1.82) is 0 Å². The van der Waals surface area contributed by atoms with Crippen LogP contribution in [-0.4, -0.2) is 45.5 Å². The van der Waals surface area contributed by atoms with Gasteiger partial charge in [0, 0.05) is 36.9 Å². The number of nitrogens with zero attached hydrogens (tertiary/aromatic N) is 4. The molecule has 1 unspecified atom stereocenters. The van der Waals surface area contributed by atoms with E-state index in [0.29, 0.717) is 5.13 Å². The molecule has 0 aliphatic carbocycles. The van der Waals surface area contributed by atoms with Crippen molar-refractivity contribution in [2.75, 3.05) is 25.4 Å². The molecule has 0 spiro atoms. The van der Waals surface area contributed by atoms with Crippen molar-refractivity contribution in [1.82, 2.24) is 19.7 Å². The minimum absolute atomic E-state index is 0. The monoisotopic (exact) mass is 329 g/mol. The van der Waals surface area contributed by atoms with Crippen molar-refractivity contribution in [3.8, 4) is 0 Å². The molecule has 8 heteroatoms. The van der Waals surface area contributed by atoms with Gasteiger partial charge in [0.25, 0.3) is 0 Å². The Morgan fingerprint density at radius 3 is 3.00 bits per heavy atom. The lowest BCUT2D eigenvalue weighted by atomic mass is 10.2. The Morgan fingerprint density at radius 1 is 1.48 bits per heavy atom. The number of ether oxygens (including phenoxy) is 1. The molecule has 6 nitrogen and oxygen atoms in total. The van der Waals surface area contributed by atoms with Crippen LogP contribution in [0.25, 0.3) is 0 Å². The van der Waals surface area contributed by atoms with Gasteiger partial charge >= 0.3 is 0 Å². The standard InChI is InChI=1S/C13H19N5OS.ClH/c1-10-4-16-18(6-10)8-11-7-17(2-3-19-11)9-12-5-15-13(14)20-12;/h4-6,11H,2-3,7-9H2,1H3,(H2,14,15);1H. The Kier molecular flexibility index (Phi) is 5.58. The zero-order valence-electron chi connectivity index (χ0n) is 11.9. The van der Waals surface area contributed by atoms with Crippen molar-refractivity contribution in [2.45, 2.75) is 26.1 Å². The fourth-order valence-corrected chi connectivity index (χ4v) is 3.15. The number of morpholine rings is 1. The van der Waals surface area contributed by atoms with Gasteiger partial charge in [-0.1, -0.05) is 0 Å². The number of rotatable bonds is 4. The fraction of sp³-hybridized carbons (Fsp3) is 0.538. The molecule has 0 saturated carbocycles. The Balaban J connectivity index is 0.00000161. The average molecular weight is 330 g/mol. The molecule has 2 N–H and O–H groups in total. The molecule has 3 rings (SSSR count). The second-order valence-electron chi connectivity index (χ2n) is 5.13. The Labute approximate surface area is 134 Å². The van der Waals surface area contributed by atoms with Gasteiger partial charge in [0.05, 0.1) is 25.5 Å². The molecule has 116 valence electrons. The van der Waals surface area contributed by atoms with Crippen LogP contribution in [0.2, 0.25) is 0 Å². The lowest BCUT2D eigenvalue weighted by Gasteiger charge is -2.32. The molecule has 1 fully saturated rings. The molecular formula is C13H20ClN5OS. The molecule has 1 saturated heterocycles. The number of thiazole rings is 1. The lowest BCUT2D eigenvalue weighted by molar-refractivity contribution is -0.0399. The third kappa shape index (κ3) is 4.41. The van der Waals surface area contributed by atoms with E-state index in [-0.39, 0.29) is 18.5 Å². The van der Waals surface area contributed by atoms with Crippen molar-refractivity contribution in [3.63, 3.8) is 0 Å². The van der Waals surface area contributed by atoms with Gasteiger partial charge in [-0.25, -0.2) is 4.98 Å². The lowest BCUT2D eigenvalue weighted by Crippen LogP contribution is -2.43. The summed E-state index contributed by atoms with van der Waals surface area (Å²) in [6.45, 7) is 6.37. The van der Waals surface area contributed by atoms with Gasteiger partial charge in [-0.15, -0.1) is 23.7 Å². The first-order valence-corrected chi connectivity index (χ1v) is 7.54. The summed E-state index contributed by atoms with van der Waals surface area (Å²) in [5, 5.41) is 4.95. The molecule has 2 aromatic rings. The summed E-state index contributed by atoms with van der Waals surface area (Å²) in [5.74, 6) is 0. The van der Waals surface area contributed by atoms with E-state index in [1.165, 1.54) is 10.4 Å². The van der Waals surface area contributed by atoms with Gasteiger partial charge < -0.3 is 10.5 Å². The number of hydrogen-bond acceptors (Lipinski definition) is 6. The first-order valence-electron chi connectivity index (χ1n) is 6.72. The molecule has 0 radical (unpaired) electrons. The van der Waals surface area contributed by atoms with E-state index in [1.54, 1.807) is 11.3 Å². The van der Waals surface area contributed by atoms with E-state index < -0.39 is 0 Å². The number of halogens is 1. The average Bonchev–Trinajstić information content (AvgIpc) is 2.99. The Morgan fingerprint density at radius 2 is 2.33 bits per heavy atom. The second-order valence-corrected chi connectivity index (χ2v) is 6.28. The van der Waals surface area contributed by atoms with Crippen LogP contribution < -0.4 is 5.73 Å². The van der Waals surface area contributed by atoms with E-state index in [0.717, 1.165) is 32.8 Å². The maximum Gasteiger partial charge on any atom is 0.180 e. The summed E-state index contributed by atoms with van der Waals surface area (Å²) in [6.07, 6.45) is 5.97. The van der Waals surface area contributed by atoms with E-state index >= 15 is 0 Å². The van der Waals surface area contributed by atoms with Crippen LogP contribution in [0.3, 0.4) is 0 Å². The molecule has 3 heterocycles. The number of nitrogens with two attached hydrogens (primary N) is 1. The van der Waals surface area contributed by atoms with Crippen LogP contribution in [0, 0.1) is 6.92 Å². The van der Waals surface area contributed by atoms with Gasteiger partial charge in [-0.2, -0.15) is 5.10 Å². The number of anilines is 1. The van der Waals surface area contributed by atoms with Gasteiger partial charge in [0.15, 0.2) is 5.13 Å². The topological polar surface area (TPSA) is 69.2 Å². The highest BCUT2D eigenvalue weighted by Crippen LogP contribution is 2.18. The number of aromatic nitrogens is 3. The molecule has 0 amide bonds. The van der Waals surface area contributed by atoms with Crippen molar-refractivity contribution in [3.05, 3.63) is 29.0 Å². The predicted octanol–water partition coefficient (Wildman–Crippen LogP) is 1.55. The first kappa shape index (κ1) is 16.2. The van der Waals surface area contributed by atoms with Crippen LogP contribution in [0.5, 0.6) is 0 Å². The van der Waals surface area contributed by atoms with E-state index in [9.17, 15) is 0 Å². The number of hydrogen-bond donors (Lipinski definition) is 1. The maximum absolute atomic E-state index is 5.82. The quantitative estimate of drug-likeness (QED) is 0.921. The molecule has 21 heavy (non-hydrogen) atoms. The van der Waals surface area contributed by atoms with Gasteiger partial charge in [-0.3, -0.25) is 9.58 Å². The molecule has 0 aromatic carbocycles. The zero-order valence-corrected chi connectivity index (χ0v) is 13.6. The summed E-state index contributed by atoms with van der Waals surface area (Å²) in [6, 6.07) is 0. The maximum atomic E-state index is 5.82. The van der Waals surface area contributed by atoms with Crippen LogP contribution in [-0.2, 0) is 17.8 Å². The fourth-order valence-electron chi connectivity index (χ4n) is 2.43.